The third-order valence-corrected chi connectivity index (χ3v) is 3.01. The van der Waals surface area contributed by atoms with E-state index in [9.17, 15) is 15.0 Å². The van der Waals surface area contributed by atoms with E-state index in [0.29, 0.717) is 16.8 Å². The van der Waals surface area contributed by atoms with Crippen molar-refractivity contribution in [1.29, 1.82) is 0 Å². The van der Waals surface area contributed by atoms with Crippen molar-refractivity contribution in [3.05, 3.63) is 59.2 Å². The van der Waals surface area contributed by atoms with Crippen molar-refractivity contribution >= 4 is 11.6 Å². The molecule has 5 nitrogen and oxygen atoms in total. The lowest BCUT2D eigenvalue weighted by molar-refractivity contribution is 0.0955. The van der Waals surface area contributed by atoms with Crippen molar-refractivity contribution in [2.75, 3.05) is 0 Å². The molecule has 1 amide bonds. The van der Waals surface area contributed by atoms with Gasteiger partial charge in [0, 0.05) is 11.1 Å². The number of benzene rings is 2. The number of aryl methyl sites for hydroxylation is 1. The number of rotatable bonds is 3. The highest BCUT2D eigenvalue weighted by molar-refractivity contribution is 6.02. The summed E-state index contributed by atoms with van der Waals surface area (Å²) in [7, 11) is 0. The van der Waals surface area contributed by atoms with Crippen LogP contribution in [0.5, 0.6) is 11.5 Å². The molecule has 0 saturated carbocycles. The molecule has 0 aliphatic rings. The number of aromatic hydroxyl groups is 2. The fourth-order valence-electron chi connectivity index (χ4n) is 1.78. The lowest BCUT2D eigenvalue weighted by Crippen LogP contribution is -2.19. The first-order valence-corrected chi connectivity index (χ1v) is 6.41. The van der Waals surface area contributed by atoms with Crippen molar-refractivity contribution < 1.29 is 15.0 Å². The number of nitrogens with one attached hydrogen (secondary N) is 1. The molecule has 0 fully saturated rings. The van der Waals surface area contributed by atoms with Crippen LogP contribution >= 0.6 is 0 Å². The maximum atomic E-state index is 11.9. The first-order chi connectivity index (χ1) is 9.97. The van der Waals surface area contributed by atoms with Crippen LogP contribution in [0.4, 0.5) is 0 Å². The summed E-state index contributed by atoms with van der Waals surface area (Å²) in [6, 6.07) is 11.2. The number of amides is 1. The van der Waals surface area contributed by atoms with Gasteiger partial charge in [-0.1, -0.05) is 17.7 Å². The van der Waals surface area contributed by atoms with Crippen LogP contribution in [0.1, 0.15) is 28.4 Å². The molecule has 0 aliphatic carbocycles. The monoisotopic (exact) mass is 284 g/mol. The van der Waals surface area contributed by atoms with E-state index in [-0.39, 0.29) is 17.4 Å². The topological polar surface area (TPSA) is 81.9 Å². The SMILES string of the molecule is C/C(=N/NC(=O)c1ccc(C)cc1)c1cc(O)ccc1O. The molecule has 3 N–H and O–H groups in total. The van der Waals surface area contributed by atoms with E-state index < -0.39 is 0 Å². The standard InChI is InChI=1S/C16H16N2O3/c1-10-3-5-12(6-4-10)16(21)18-17-11(2)14-9-13(19)7-8-15(14)20/h3-9,19-20H,1-2H3,(H,18,21)/b17-11-. The molecule has 0 heterocycles. The molecule has 2 aromatic rings. The third kappa shape index (κ3) is 3.60. The zero-order chi connectivity index (χ0) is 15.4. The Labute approximate surface area is 122 Å². The first kappa shape index (κ1) is 14.6. The smallest absolute Gasteiger partial charge is 0.271 e. The van der Waals surface area contributed by atoms with E-state index in [1.165, 1.54) is 18.2 Å². The van der Waals surface area contributed by atoms with E-state index >= 15 is 0 Å². The number of phenolic OH excluding ortho intramolecular Hbond substituents is 2. The first-order valence-electron chi connectivity index (χ1n) is 6.41. The number of nitrogens with zero attached hydrogens (tertiary/aromatic N) is 1. The lowest BCUT2D eigenvalue weighted by atomic mass is 10.1. The van der Waals surface area contributed by atoms with Crippen LogP contribution in [-0.4, -0.2) is 21.8 Å². The molecule has 0 spiro atoms. The molecule has 0 radical (unpaired) electrons. The molecule has 2 aromatic carbocycles. The fourth-order valence-corrected chi connectivity index (χ4v) is 1.78. The summed E-state index contributed by atoms with van der Waals surface area (Å²) < 4.78 is 0. The van der Waals surface area contributed by atoms with Gasteiger partial charge in [0.2, 0.25) is 0 Å². The normalized spacial score (nSPS) is 11.2. The maximum absolute atomic E-state index is 11.9. The molecule has 0 bridgehead atoms. The number of hydrogen-bond donors (Lipinski definition) is 3. The number of carbonyl (C=O) groups excluding carboxylic acids is 1. The number of phenols is 2. The van der Waals surface area contributed by atoms with Gasteiger partial charge in [-0.05, 0) is 44.2 Å². The Morgan fingerprint density at radius 3 is 2.43 bits per heavy atom. The van der Waals surface area contributed by atoms with Crippen molar-refractivity contribution in [3.8, 4) is 11.5 Å². The van der Waals surface area contributed by atoms with Crippen molar-refractivity contribution in [3.63, 3.8) is 0 Å². The summed E-state index contributed by atoms with van der Waals surface area (Å²) in [6.45, 7) is 3.57. The Hall–Kier alpha value is -2.82. The van der Waals surface area contributed by atoms with Crippen LogP contribution in [-0.2, 0) is 0 Å². The van der Waals surface area contributed by atoms with Gasteiger partial charge in [0.05, 0.1) is 5.71 Å². The molecule has 0 aliphatic heterocycles. The van der Waals surface area contributed by atoms with Gasteiger partial charge in [0.1, 0.15) is 11.5 Å². The molecule has 0 saturated heterocycles. The molecule has 0 aromatic heterocycles. The van der Waals surface area contributed by atoms with Crippen LogP contribution in [0.2, 0.25) is 0 Å². The van der Waals surface area contributed by atoms with Crippen LogP contribution in [0.25, 0.3) is 0 Å². The fraction of sp³-hybridized carbons (Fsp3) is 0.125. The summed E-state index contributed by atoms with van der Waals surface area (Å²) in [5, 5.41) is 23.1. The minimum atomic E-state index is -0.339. The summed E-state index contributed by atoms with van der Waals surface area (Å²) >= 11 is 0. The van der Waals surface area contributed by atoms with E-state index in [0.717, 1.165) is 5.56 Å². The van der Waals surface area contributed by atoms with E-state index in [1.54, 1.807) is 19.1 Å². The van der Waals surface area contributed by atoms with Gasteiger partial charge < -0.3 is 10.2 Å². The Kier molecular flexibility index (Phi) is 4.23. The van der Waals surface area contributed by atoms with E-state index in [2.05, 4.69) is 10.5 Å². The predicted octanol–water partition coefficient (Wildman–Crippen LogP) is 2.56. The number of hydrazone groups is 1. The molecule has 2 rings (SSSR count). The van der Waals surface area contributed by atoms with Crippen LogP contribution in [0.3, 0.4) is 0 Å². The molecule has 0 unspecified atom stereocenters. The molecular weight excluding hydrogens is 268 g/mol. The number of hydrogen-bond acceptors (Lipinski definition) is 4. The molecular formula is C16H16N2O3. The highest BCUT2D eigenvalue weighted by atomic mass is 16.3. The largest absolute Gasteiger partial charge is 0.508 e. The van der Waals surface area contributed by atoms with E-state index in [1.807, 2.05) is 19.1 Å². The zero-order valence-electron chi connectivity index (χ0n) is 11.8. The number of carbonyl (C=O) groups is 1. The van der Waals surface area contributed by atoms with Gasteiger partial charge in [-0.2, -0.15) is 5.10 Å². The Morgan fingerprint density at radius 2 is 1.76 bits per heavy atom. The molecule has 5 heteroatoms. The van der Waals surface area contributed by atoms with E-state index in [4.69, 9.17) is 0 Å². The van der Waals surface area contributed by atoms with Gasteiger partial charge in [0.15, 0.2) is 0 Å². The summed E-state index contributed by atoms with van der Waals surface area (Å²) in [5.74, 6) is -0.338. The minimum Gasteiger partial charge on any atom is -0.508 e. The van der Waals surface area contributed by atoms with Crippen LogP contribution in [0, 0.1) is 6.92 Å². The van der Waals surface area contributed by atoms with Crippen molar-refractivity contribution in [1.82, 2.24) is 5.43 Å². The predicted molar refractivity (Wildman–Crippen MR) is 80.6 cm³/mol. The minimum absolute atomic E-state index is 0.0152. The second-order valence-corrected chi connectivity index (χ2v) is 4.71. The molecule has 108 valence electrons. The molecule has 21 heavy (non-hydrogen) atoms. The third-order valence-electron chi connectivity index (χ3n) is 3.01. The van der Waals surface area contributed by atoms with Crippen molar-refractivity contribution in [2.45, 2.75) is 13.8 Å². The van der Waals surface area contributed by atoms with Gasteiger partial charge in [-0.25, -0.2) is 5.43 Å². The zero-order valence-corrected chi connectivity index (χ0v) is 11.8. The van der Waals surface area contributed by atoms with Crippen LogP contribution < -0.4 is 5.43 Å². The Bertz CT molecular complexity index is 691. The van der Waals surface area contributed by atoms with Crippen molar-refractivity contribution in [2.24, 2.45) is 5.10 Å². The van der Waals surface area contributed by atoms with Gasteiger partial charge in [0.25, 0.3) is 5.91 Å². The lowest BCUT2D eigenvalue weighted by Gasteiger charge is -2.06. The average molecular weight is 284 g/mol. The summed E-state index contributed by atoms with van der Waals surface area (Å²) in [5.41, 5.74) is 4.74. The summed E-state index contributed by atoms with van der Waals surface area (Å²) in [6.07, 6.45) is 0. The van der Waals surface area contributed by atoms with Gasteiger partial charge >= 0.3 is 0 Å². The quantitative estimate of drug-likeness (QED) is 0.460. The van der Waals surface area contributed by atoms with Gasteiger partial charge in [-0.15, -0.1) is 0 Å². The average Bonchev–Trinajstić information content (AvgIpc) is 2.47. The Balaban J connectivity index is 2.14. The van der Waals surface area contributed by atoms with Crippen LogP contribution in [0.15, 0.2) is 47.6 Å². The maximum Gasteiger partial charge on any atom is 0.271 e. The summed E-state index contributed by atoms with van der Waals surface area (Å²) in [4.78, 5) is 11.9. The second-order valence-electron chi connectivity index (χ2n) is 4.71. The molecule has 0 atom stereocenters. The Morgan fingerprint density at radius 1 is 1.10 bits per heavy atom. The van der Waals surface area contributed by atoms with Gasteiger partial charge in [-0.3, -0.25) is 4.79 Å². The highest BCUT2D eigenvalue weighted by Gasteiger charge is 2.08. The highest BCUT2D eigenvalue weighted by Crippen LogP contribution is 2.22. The second kappa shape index (κ2) is 6.09.